The molecule has 20 heavy (non-hydrogen) atoms. The maximum absolute atomic E-state index is 13.4. The molecule has 0 atom stereocenters. The van der Waals surface area contributed by atoms with Crippen molar-refractivity contribution in [3.63, 3.8) is 0 Å². The first-order valence-corrected chi connectivity index (χ1v) is 6.03. The summed E-state index contributed by atoms with van der Waals surface area (Å²) >= 11 is 5.83. The second-order valence-electron chi connectivity index (χ2n) is 4.01. The summed E-state index contributed by atoms with van der Waals surface area (Å²) < 4.78 is 39.5. The molecule has 2 rings (SSSR count). The number of benzene rings is 2. The molecule has 0 saturated heterocycles. The molecule has 2 aromatic rings. The summed E-state index contributed by atoms with van der Waals surface area (Å²) in [6.45, 7) is -0.401. The molecule has 0 radical (unpaired) electrons. The molecule has 0 unspecified atom stereocenters. The van der Waals surface area contributed by atoms with Crippen molar-refractivity contribution in [2.24, 2.45) is 0 Å². The number of carbonyl (C=O) groups is 1. The SMILES string of the molecule is O=C(NCc1c(F)cc(F)cc1F)c1ccccc1Cl. The molecule has 0 spiro atoms. The number of carbonyl (C=O) groups excluding carboxylic acids is 1. The molecular weight excluding hydrogens is 291 g/mol. The Kier molecular flexibility index (Phi) is 4.29. The second kappa shape index (κ2) is 5.96. The molecule has 0 bridgehead atoms. The lowest BCUT2D eigenvalue weighted by Gasteiger charge is -2.08. The van der Waals surface area contributed by atoms with Crippen LogP contribution in [0.15, 0.2) is 36.4 Å². The van der Waals surface area contributed by atoms with E-state index in [2.05, 4.69) is 5.32 Å². The fourth-order valence-corrected chi connectivity index (χ4v) is 1.87. The number of amides is 1. The zero-order valence-corrected chi connectivity index (χ0v) is 10.8. The van der Waals surface area contributed by atoms with Gasteiger partial charge in [0.15, 0.2) is 0 Å². The summed E-state index contributed by atoms with van der Waals surface area (Å²) in [4.78, 5) is 11.8. The van der Waals surface area contributed by atoms with Crippen LogP contribution in [-0.4, -0.2) is 5.91 Å². The van der Waals surface area contributed by atoms with E-state index >= 15 is 0 Å². The predicted molar refractivity (Wildman–Crippen MR) is 68.9 cm³/mol. The molecule has 0 aromatic heterocycles. The van der Waals surface area contributed by atoms with Gasteiger partial charge in [0.25, 0.3) is 5.91 Å². The molecule has 0 saturated carbocycles. The molecule has 6 heteroatoms. The quantitative estimate of drug-likeness (QED) is 0.920. The number of halogens is 4. The van der Waals surface area contributed by atoms with Crippen molar-refractivity contribution < 1.29 is 18.0 Å². The van der Waals surface area contributed by atoms with Crippen molar-refractivity contribution in [2.75, 3.05) is 0 Å². The predicted octanol–water partition coefficient (Wildman–Crippen LogP) is 3.69. The van der Waals surface area contributed by atoms with Crippen molar-refractivity contribution in [1.29, 1.82) is 0 Å². The average Bonchev–Trinajstić information content (AvgIpc) is 2.37. The fraction of sp³-hybridized carbons (Fsp3) is 0.0714. The third-order valence-electron chi connectivity index (χ3n) is 2.65. The standard InChI is InChI=1S/C14H9ClF3NO/c15-11-4-2-1-3-9(11)14(20)19-7-10-12(17)5-8(16)6-13(10)18/h1-6H,7H2,(H,19,20). The Balaban J connectivity index is 2.14. The summed E-state index contributed by atoms with van der Waals surface area (Å²) in [6, 6.07) is 7.38. The first-order chi connectivity index (χ1) is 9.49. The van der Waals surface area contributed by atoms with Crippen LogP contribution >= 0.6 is 11.6 Å². The van der Waals surface area contributed by atoms with Gasteiger partial charge in [0, 0.05) is 24.2 Å². The molecule has 0 aliphatic rings. The molecule has 0 aliphatic carbocycles. The average molecular weight is 300 g/mol. The first kappa shape index (κ1) is 14.4. The van der Waals surface area contributed by atoms with Gasteiger partial charge in [-0.1, -0.05) is 23.7 Å². The van der Waals surface area contributed by atoms with Gasteiger partial charge >= 0.3 is 0 Å². The number of hydrogen-bond acceptors (Lipinski definition) is 1. The highest BCUT2D eigenvalue weighted by atomic mass is 35.5. The van der Waals surface area contributed by atoms with Crippen LogP contribution in [0, 0.1) is 17.5 Å². The molecule has 0 aliphatic heterocycles. The Hall–Kier alpha value is -2.01. The van der Waals surface area contributed by atoms with E-state index in [1.807, 2.05) is 0 Å². The van der Waals surface area contributed by atoms with Crippen molar-refractivity contribution in [3.8, 4) is 0 Å². The normalized spacial score (nSPS) is 10.4. The molecule has 2 nitrogen and oxygen atoms in total. The third-order valence-corrected chi connectivity index (χ3v) is 2.98. The van der Waals surface area contributed by atoms with Crippen LogP contribution in [-0.2, 0) is 6.54 Å². The largest absolute Gasteiger partial charge is 0.348 e. The second-order valence-corrected chi connectivity index (χ2v) is 4.42. The minimum Gasteiger partial charge on any atom is -0.348 e. The first-order valence-electron chi connectivity index (χ1n) is 5.65. The van der Waals surface area contributed by atoms with Crippen molar-refractivity contribution in [3.05, 3.63) is 70.0 Å². The van der Waals surface area contributed by atoms with E-state index in [0.717, 1.165) is 0 Å². The summed E-state index contributed by atoms with van der Waals surface area (Å²) in [5.41, 5.74) is -0.219. The Morgan fingerprint density at radius 2 is 1.70 bits per heavy atom. The molecule has 0 fully saturated rings. The van der Waals surface area contributed by atoms with E-state index in [1.165, 1.54) is 12.1 Å². The summed E-state index contributed by atoms with van der Waals surface area (Å²) in [6.07, 6.45) is 0. The van der Waals surface area contributed by atoms with Gasteiger partial charge in [-0.05, 0) is 12.1 Å². The van der Waals surface area contributed by atoms with Gasteiger partial charge in [0.1, 0.15) is 17.5 Å². The maximum atomic E-state index is 13.4. The van der Waals surface area contributed by atoms with E-state index in [1.54, 1.807) is 12.1 Å². The fourth-order valence-electron chi connectivity index (χ4n) is 1.65. The Labute approximate surface area is 118 Å². The van der Waals surface area contributed by atoms with Crippen LogP contribution in [0.4, 0.5) is 13.2 Å². The highest BCUT2D eigenvalue weighted by Gasteiger charge is 2.14. The molecule has 1 amide bonds. The van der Waals surface area contributed by atoms with Crippen molar-refractivity contribution in [2.45, 2.75) is 6.54 Å². The lowest BCUT2D eigenvalue weighted by Crippen LogP contribution is -2.24. The summed E-state index contributed by atoms with van der Waals surface area (Å²) in [7, 11) is 0. The molecular formula is C14H9ClF3NO. The van der Waals surface area contributed by atoms with Gasteiger partial charge in [0.2, 0.25) is 0 Å². The van der Waals surface area contributed by atoms with Gasteiger partial charge < -0.3 is 5.32 Å². The topological polar surface area (TPSA) is 29.1 Å². The third kappa shape index (κ3) is 3.11. The molecule has 2 aromatic carbocycles. The zero-order chi connectivity index (χ0) is 14.7. The van der Waals surface area contributed by atoms with Gasteiger partial charge in [-0.2, -0.15) is 0 Å². The summed E-state index contributed by atoms with van der Waals surface area (Å²) in [5, 5.41) is 2.56. The molecule has 104 valence electrons. The highest BCUT2D eigenvalue weighted by molar-refractivity contribution is 6.33. The monoisotopic (exact) mass is 299 g/mol. The summed E-state index contributed by atoms with van der Waals surface area (Å²) in [5.74, 6) is -3.69. The van der Waals surface area contributed by atoms with E-state index < -0.39 is 35.5 Å². The Bertz CT molecular complexity index is 638. The van der Waals surface area contributed by atoms with Gasteiger partial charge in [-0.15, -0.1) is 0 Å². The number of rotatable bonds is 3. The van der Waals surface area contributed by atoms with E-state index in [4.69, 9.17) is 11.6 Å². The molecule has 0 heterocycles. The van der Waals surface area contributed by atoms with Crippen LogP contribution in [0.25, 0.3) is 0 Å². The van der Waals surface area contributed by atoms with Crippen molar-refractivity contribution in [1.82, 2.24) is 5.32 Å². The smallest absolute Gasteiger partial charge is 0.253 e. The van der Waals surface area contributed by atoms with Crippen LogP contribution < -0.4 is 5.32 Å². The van der Waals surface area contributed by atoms with Gasteiger partial charge in [-0.3, -0.25) is 4.79 Å². The van der Waals surface area contributed by atoms with Crippen LogP contribution in [0.1, 0.15) is 15.9 Å². The minimum absolute atomic E-state index is 0.192. The van der Waals surface area contributed by atoms with Gasteiger partial charge in [-0.25, -0.2) is 13.2 Å². The Morgan fingerprint density at radius 1 is 1.10 bits per heavy atom. The number of hydrogen-bond donors (Lipinski definition) is 1. The van der Waals surface area contributed by atoms with Crippen molar-refractivity contribution >= 4 is 17.5 Å². The molecule has 1 N–H and O–H groups in total. The Morgan fingerprint density at radius 3 is 2.30 bits per heavy atom. The lowest BCUT2D eigenvalue weighted by molar-refractivity contribution is 0.0950. The minimum atomic E-state index is -1.05. The highest BCUT2D eigenvalue weighted by Crippen LogP contribution is 2.17. The van der Waals surface area contributed by atoms with Crippen LogP contribution in [0.3, 0.4) is 0 Å². The lowest BCUT2D eigenvalue weighted by atomic mass is 10.1. The maximum Gasteiger partial charge on any atom is 0.253 e. The van der Waals surface area contributed by atoms with Crippen LogP contribution in [0.5, 0.6) is 0 Å². The van der Waals surface area contributed by atoms with Gasteiger partial charge in [0.05, 0.1) is 10.6 Å². The van der Waals surface area contributed by atoms with E-state index in [0.29, 0.717) is 12.1 Å². The zero-order valence-electron chi connectivity index (χ0n) is 10.1. The van der Waals surface area contributed by atoms with E-state index in [-0.39, 0.29) is 10.6 Å². The van der Waals surface area contributed by atoms with Crippen LogP contribution in [0.2, 0.25) is 5.02 Å². The number of nitrogens with one attached hydrogen (secondary N) is 1. The van der Waals surface area contributed by atoms with E-state index in [9.17, 15) is 18.0 Å².